The zero-order valence-electron chi connectivity index (χ0n) is 15.6. The van der Waals surface area contributed by atoms with Gasteiger partial charge in [-0.25, -0.2) is 13.6 Å². The molecular formula is C20H18BrF2NO5. The van der Waals surface area contributed by atoms with Gasteiger partial charge in [0.25, 0.3) is 5.91 Å². The number of methoxy groups -OCH3 is 1. The molecule has 0 saturated carbocycles. The minimum Gasteiger partial charge on any atom is -0.493 e. The van der Waals surface area contributed by atoms with Crippen LogP contribution in [0.3, 0.4) is 0 Å². The highest BCUT2D eigenvalue weighted by atomic mass is 79.9. The van der Waals surface area contributed by atoms with Crippen molar-refractivity contribution in [1.29, 1.82) is 0 Å². The molecule has 0 aliphatic heterocycles. The first-order valence-electron chi connectivity index (χ1n) is 8.37. The summed E-state index contributed by atoms with van der Waals surface area (Å²) < 4.78 is 42.2. The van der Waals surface area contributed by atoms with Gasteiger partial charge in [0.05, 0.1) is 12.8 Å². The predicted molar refractivity (Wildman–Crippen MR) is 107 cm³/mol. The maximum atomic E-state index is 13.7. The van der Waals surface area contributed by atoms with Crippen LogP contribution in [0.5, 0.6) is 11.5 Å². The summed E-state index contributed by atoms with van der Waals surface area (Å²) >= 11 is 2.95. The number of amides is 1. The Labute approximate surface area is 174 Å². The molecule has 0 atom stereocenters. The first-order chi connectivity index (χ1) is 13.8. The van der Waals surface area contributed by atoms with Gasteiger partial charge in [-0.2, -0.15) is 0 Å². The van der Waals surface area contributed by atoms with Gasteiger partial charge in [0.2, 0.25) is 0 Å². The highest BCUT2D eigenvalue weighted by molar-refractivity contribution is 9.10. The summed E-state index contributed by atoms with van der Waals surface area (Å²) in [7, 11) is 1.47. The Morgan fingerprint density at radius 3 is 2.55 bits per heavy atom. The normalized spacial score (nSPS) is 10.7. The Balaban J connectivity index is 1.87. The molecule has 2 aromatic rings. The molecule has 0 heterocycles. The van der Waals surface area contributed by atoms with Gasteiger partial charge in [0.1, 0.15) is 5.82 Å². The van der Waals surface area contributed by atoms with Crippen molar-refractivity contribution in [3.8, 4) is 11.5 Å². The molecular weight excluding hydrogens is 452 g/mol. The summed E-state index contributed by atoms with van der Waals surface area (Å²) in [6.07, 6.45) is 3.75. The minimum atomic E-state index is -0.964. The van der Waals surface area contributed by atoms with Crippen molar-refractivity contribution in [3.63, 3.8) is 0 Å². The van der Waals surface area contributed by atoms with E-state index >= 15 is 0 Å². The van der Waals surface area contributed by atoms with Gasteiger partial charge in [-0.1, -0.05) is 18.2 Å². The molecule has 29 heavy (non-hydrogen) atoms. The van der Waals surface area contributed by atoms with Crippen molar-refractivity contribution < 1.29 is 32.6 Å². The van der Waals surface area contributed by atoms with Crippen molar-refractivity contribution >= 4 is 39.6 Å². The van der Waals surface area contributed by atoms with Crippen LogP contribution in [-0.2, 0) is 14.3 Å². The zero-order chi connectivity index (χ0) is 21.4. The van der Waals surface area contributed by atoms with E-state index in [4.69, 9.17) is 14.2 Å². The smallest absolute Gasteiger partial charge is 0.344 e. The number of carbonyl (C=O) groups excluding carboxylic acids is 2. The molecule has 0 radical (unpaired) electrons. The summed E-state index contributed by atoms with van der Waals surface area (Å²) in [6, 6.07) is 6.78. The van der Waals surface area contributed by atoms with Crippen LogP contribution in [0.2, 0.25) is 0 Å². The average Bonchev–Trinajstić information content (AvgIpc) is 2.68. The monoisotopic (exact) mass is 469 g/mol. The molecule has 1 amide bonds. The summed E-state index contributed by atoms with van der Waals surface area (Å²) in [6.45, 7) is 0.760. The van der Waals surface area contributed by atoms with Crippen LogP contribution in [0.4, 0.5) is 14.5 Å². The third kappa shape index (κ3) is 6.56. The van der Waals surface area contributed by atoms with Crippen LogP contribution >= 0.6 is 15.9 Å². The van der Waals surface area contributed by atoms with E-state index in [2.05, 4.69) is 21.2 Å². The molecule has 9 heteroatoms. The Morgan fingerprint density at radius 1 is 1.14 bits per heavy atom. The van der Waals surface area contributed by atoms with Gasteiger partial charge in [-0.3, -0.25) is 4.79 Å². The van der Waals surface area contributed by atoms with E-state index in [-0.39, 0.29) is 10.2 Å². The molecule has 0 aliphatic rings. The second-order valence-electron chi connectivity index (χ2n) is 5.65. The quantitative estimate of drug-likeness (QED) is 0.582. The van der Waals surface area contributed by atoms with Crippen molar-refractivity contribution in [3.05, 3.63) is 58.1 Å². The average molecular weight is 470 g/mol. The van der Waals surface area contributed by atoms with Crippen molar-refractivity contribution in [2.24, 2.45) is 0 Å². The topological polar surface area (TPSA) is 73.9 Å². The summed E-state index contributed by atoms with van der Waals surface area (Å²) in [4.78, 5) is 23.7. The van der Waals surface area contributed by atoms with Crippen LogP contribution in [-0.4, -0.2) is 32.2 Å². The molecule has 0 saturated heterocycles. The van der Waals surface area contributed by atoms with Crippen LogP contribution in [0, 0.1) is 11.6 Å². The molecule has 154 valence electrons. The SMILES string of the molecule is C/C=C/c1ccc(OCC(=O)OCC(=O)Nc2c(F)cc(F)cc2Br)c(OC)c1. The van der Waals surface area contributed by atoms with Crippen LogP contribution in [0.15, 0.2) is 40.9 Å². The predicted octanol–water partition coefficient (Wildman–Crippen LogP) is 4.33. The van der Waals surface area contributed by atoms with E-state index in [1.165, 1.54) is 7.11 Å². The van der Waals surface area contributed by atoms with Gasteiger partial charge >= 0.3 is 5.97 Å². The third-order valence-electron chi connectivity index (χ3n) is 3.53. The Kier molecular flexibility index (Phi) is 8.14. The molecule has 2 aromatic carbocycles. The second-order valence-corrected chi connectivity index (χ2v) is 6.51. The van der Waals surface area contributed by atoms with E-state index in [0.717, 1.165) is 11.6 Å². The van der Waals surface area contributed by atoms with Gasteiger partial charge in [0, 0.05) is 10.5 Å². The molecule has 0 aromatic heterocycles. The standard InChI is InChI=1S/C20H18BrF2NO5/c1-3-4-12-5-6-16(17(7-12)27-2)28-11-19(26)29-10-18(25)24-20-14(21)8-13(22)9-15(20)23/h3-9H,10-11H2,1-2H3,(H,24,25)/b4-3+. The van der Waals surface area contributed by atoms with Crippen molar-refractivity contribution in [1.82, 2.24) is 0 Å². The van der Waals surface area contributed by atoms with Gasteiger partial charge in [0.15, 0.2) is 30.5 Å². The molecule has 2 rings (SSSR count). The number of nitrogens with one attached hydrogen (secondary N) is 1. The minimum absolute atomic E-state index is 0.0199. The number of hydrogen-bond donors (Lipinski definition) is 1. The molecule has 0 unspecified atom stereocenters. The number of hydrogen-bond acceptors (Lipinski definition) is 5. The second kappa shape index (κ2) is 10.6. The molecule has 1 N–H and O–H groups in total. The zero-order valence-corrected chi connectivity index (χ0v) is 17.2. The van der Waals surface area contributed by atoms with Gasteiger partial charge in [-0.15, -0.1) is 0 Å². The number of halogens is 3. The number of allylic oxidation sites excluding steroid dienone is 1. The van der Waals surface area contributed by atoms with Crippen molar-refractivity contribution in [2.45, 2.75) is 6.92 Å². The highest BCUT2D eigenvalue weighted by Crippen LogP contribution is 2.29. The van der Waals surface area contributed by atoms with E-state index in [1.807, 2.05) is 19.1 Å². The summed E-state index contributed by atoms with van der Waals surface area (Å²) in [5.74, 6) is -2.60. The van der Waals surface area contributed by atoms with Gasteiger partial charge in [-0.05, 0) is 46.6 Å². The van der Waals surface area contributed by atoms with E-state index < -0.39 is 36.7 Å². The fourth-order valence-electron chi connectivity index (χ4n) is 2.26. The maximum Gasteiger partial charge on any atom is 0.344 e. The number of rotatable bonds is 8. The Hall–Kier alpha value is -2.94. The van der Waals surface area contributed by atoms with E-state index in [0.29, 0.717) is 17.6 Å². The Bertz CT molecular complexity index is 910. The summed E-state index contributed by atoms with van der Waals surface area (Å²) in [5, 5.41) is 2.20. The van der Waals surface area contributed by atoms with Crippen LogP contribution in [0.25, 0.3) is 6.08 Å². The first-order valence-corrected chi connectivity index (χ1v) is 9.17. The van der Waals surface area contributed by atoms with Crippen molar-refractivity contribution in [2.75, 3.05) is 25.6 Å². The lowest BCUT2D eigenvalue weighted by atomic mass is 10.2. The molecule has 0 aliphatic carbocycles. The fraction of sp³-hybridized carbons (Fsp3) is 0.200. The lowest BCUT2D eigenvalue weighted by Crippen LogP contribution is -2.24. The summed E-state index contributed by atoms with van der Waals surface area (Å²) in [5.41, 5.74) is 0.643. The number of ether oxygens (including phenoxy) is 3. The van der Waals surface area contributed by atoms with E-state index in [1.54, 1.807) is 18.2 Å². The largest absolute Gasteiger partial charge is 0.493 e. The first kappa shape index (κ1) is 22.4. The number of carbonyl (C=O) groups is 2. The number of anilines is 1. The molecule has 6 nitrogen and oxygen atoms in total. The number of benzene rings is 2. The van der Waals surface area contributed by atoms with E-state index in [9.17, 15) is 18.4 Å². The Morgan fingerprint density at radius 2 is 1.90 bits per heavy atom. The third-order valence-corrected chi connectivity index (χ3v) is 4.15. The van der Waals surface area contributed by atoms with Gasteiger partial charge < -0.3 is 19.5 Å². The fourth-order valence-corrected chi connectivity index (χ4v) is 2.77. The molecule has 0 fully saturated rings. The molecule has 0 bridgehead atoms. The lowest BCUT2D eigenvalue weighted by molar-refractivity contribution is -0.149. The lowest BCUT2D eigenvalue weighted by Gasteiger charge is -2.12. The van der Waals surface area contributed by atoms with Crippen LogP contribution < -0.4 is 14.8 Å². The number of esters is 1. The highest BCUT2D eigenvalue weighted by Gasteiger charge is 2.15. The maximum absolute atomic E-state index is 13.7. The molecule has 0 spiro atoms. The van der Waals surface area contributed by atoms with Crippen LogP contribution in [0.1, 0.15) is 12.5 Å².